The predicted octanol–water partition coefficient (Wildman–Crippen LogP) is 3.55. The number of pyridine rings is 1. The van der Waals surface area contributed by atoms with Crippen LogP contribution in [0.3, 0.4) is 0 Å². The van der Waals surface area contributed by atoms with Crippen LogP contribution in [0.5, 0.6) is 5.75 Å². The van der Waals surface area contributed by atoms with Gasteiger partial charge in [0.25, 0.3) is 0 Å². The first-order valence-corrected chi connectivity index (χ1v) is 6.47. The molecule has 3 nitrogen and oxygen atoms in total. The number of hydrogen-bond donors (Lipinski definition) is 1. The van der Waals surface area contributed by atoms with Crippen molar-refractivity contribution in [3.8, 4) is 5.75 Å². The first kappa shape index (κ1) is 16.8. The largest absolute Gasteiger partial charge is 0.489 e. The molecule has 0 saturated carbocycles. The second-order valence-electron chi connectivity index (χ2n) is 5.86. The van der Waals surface area contributed by atoms with Gasteiger partial charge in [0.2, 0.25) is 0 Å². The van der Waals surface area contributed by atoms with E-state index < -0.39 is 17.3 Å². The fourth-order valence-corrected chi connectivity index (χ4v) is 2.12. The highest BCUT2D eigenvalue weighted by atomic mass is 19.4. The summed E-state index contributed by atoms with van der Waals surface area (Å²) in [5, 5.41) is 0. The van der Waals surface area contributed by atoms with Crippen molar-refractivity contribution in [2.45, 2.75) is 45.8 Å². The molecular weight excluding hydrogens is 269 g/mol. The third kappa shape index (κ3) is 5.00. The lowest BCUT2D eigenvalue weighted by Gasteiger charge is -2.27. The average molecular weight is 290 g/mol. The van der Waals surface area contributed by atoms with Crippen molar-refractivity contribution in [3.05, 3.63) is 23.5 Å². The van der Waals surface area contributed by atoms with Gasteiger partial charge in [0.05, 0.1) is 6.20 Å². The smallest absolute Gasteiger partial charge is 0.420 e. The summed E-state index contributed by atoms with van der Waals surface area (Å²) in [6, 6.07) is 0.978. The lowest BCUT2D eigenvalue weighted by Crippen LogP contribution is -2.43. The van der Waals surface area contributed by atoms with Gasteiger partial charge in [0.1, 0.15) is 17.9 Å². The molecule has 0 aliphatic carbocycles. The molecule has 1 rings (SSSR count). The molecule has 2 N–H and O–H groups in total. The maximum Gasteiger partial charge on any atom is 0.420 e. The molecule has 0 bridgehead atoms. The van der Waals surface area contributed by atoms with E-state index in [4.69, 9.17) is 10.5 Å². The standard InChI is InChI=1S/C14H21F3N2O/c1-9(2)6-13(4,18)8-20-12-7-19-10(3)5-11(12)14(15,16)17/h5,7,9H,6,8,18H2,1-4H3. The van der Waals surface area contributed by atoms with Gasteiger partial charge in [-0.05, 0) is 32.3 Å². The van der Waals surface area contributed by atoms with Crippen LogP contribution in [0.4, 0.5) is 13.2 Å². The van der Waals surface area contributed by atoms with Crippen molar-refractivity contribution in [1.82, 2.24) is 4.98 Å². The number of nitrogens with zero attached hydrogens (tertiary/aromatic N) is 1. The van der Waals surface area contributed by atoms with Gasteiger partial charge in [0, 0.05) is 11.2 Å². The number of aryl methyl sites for hydroxylation is 1. The number of alkyl halides is 3. The molecule has 0 amide bonds. The van der Waals surface area contributed by atoms with Crippen molar-refractivity contribution in [2.24, 2.45) is 11.7 Å². The summed E-state index contributed by atoms with van der Waals surface area (Å²) in [7, 11) is 0. The van der Waals surface area contributed by atoms with Gasteiger partial charge in [-0.3, -0.25) is 4.98 Å². The molecule has 1 heterocycles. The lowest BCUT2D eigenvalue weighted by molar-refractivity contribution is -0.139. The molecule has 0 spiro atoms. The summed E-state index contributed by atoms with van der Waals surface area (Å²) in [6.07, 6.45) is -2.71. The Morgan fingerprint density at radius 2 is 1.95 bits per heavy atom. The van der Waals surface area contributed by atoms with Gasteiger partial charge in [0.15, 0.2) is 0 Å². The van der Waals surface area contributed by atoms with Crippen LogP contribution in [0.2, 0.25) is 0 Å². The van der Waals surface area contributed by atoms with E-state index in [1.54, 1.807) is 6.92 Å². The van der Waals surface area contributed by atoms with Crippen LogP contribution in [-0.4, -0.2) is 17.1 Å². The van der Waals surface area contributed by atoms with E-state index in [1.165, 1.54) is 6.92 Å². The van der Waals surface area contributed by atoms with Gasteiger partial charge in [-0.25, -0.2) is 0 Å². The Labute approximate surface area is 117 Å². The van der Waals surface area contributed by atoms with Gasteiger partial charge in [-0.1, -0.05) is 13.8 Å². The van der Waals surface area contributed by atoms with Crippen LogP contribution in [0.1, 0.15) is 38.4 Å². The van der Waals surface area contributed by atoms with Gasteiger partial charge in [-0.15, -0.1) is 0 Å². The summed E-state index contributed by atoms with van der Waals surface area (Å²) in [5.41, 5.74) is 4.83. The van der Waals surface area contributed by atoms with Crippen LogP contribution < -0.4 is 10.5 Å². The van der Waals surface area contributed by atoms with Gasteiger partial charge < -0.3 is 10.5 Å². The highest BCUT2D eigenvalue weighted by Gasteiger charge is 2.35. The minimum absolute atomic E-state index is 0.0129. The summed E-state index contributed by atoms with van der Waals surface area (Å²) in [4.78, 5) is 3.85. The number of aromatic nitrogens is 1. The summed E-state index contributed by atoms with van der Waals surface area (Å²) >= 11 is 0. The lowest BCUT2D eigenvalue weighted by atomic mass is 9.93. The van der Waals surface area contributed by atoms with Crippen molar-refractivity contribution in [3.63, 3.8) is 0 Å². The molecule has 1 aromatic heterocycles. The molecule has 0 radical (unpaired) electrons. The number of hydrogen-bond acceptors (Lipinski definition) is 3. The molecule has 20 heavy (non-hydrogen) atoms. The van der Waals surface area contributed by atoms with E-state index in [0.29, 0.717) is 18.0 Å². The van der Waals surface area contributed by atoms with Crippen molar-refractivity contribution in [2.75, 3.05) is 6.61 Å². The molecule has 0 saturated heterocycles. The van der Waals surface area contributed by atoms with E-state index >= 15 is 0 Å². The summed E-state index contributed by atoms with van der Waals surface area (Å²) in [6.45, 7) is 7.28. The molecule has 1 aromatic rings. The molecule has 114 valence electrons. The van der Waals surface area contributed by atoms with Crippen LogP contribution in [-0.2, 0) is 6.18 Å². The Kier molecular flexibility index (Phi) is 5.02. The Morgan fingerprint density at radius 1 is 1.35 bits per heavy atom. The zero-order valence-electron chi connectivity index (χ0n) is 12.2. The highest BCUT2D eigenvalue weighted by molar-refractivity contribution is 5.34. The Balaban J connectivity index is 2.88. The van der Waals surface area contributed by atoms with Crippen molar-refractivity contribution >= 4 is 0 Å². The second kappa shape index (κ2) is 5.99. The molecule has 0 fully saturated rings. The summed E-state index contributed by atoms with van der Waals surface area (Å²) in [5.74, 6) is 0.0651. The number of nitrogens with two attached hydrogens (primary N) is 1. The van der Waals surface area contributed by atoms with E-state index in [9.17, 15) is 13.2 Å². The number of ether oxygens (including phenoxy) is 1. The first-order valence-electron chi connectivity index (χ1n) is 6.47. The van der Waals surface area contributed by atoms with Crippen LogP contribution >= 0.6 is 0 Å². The Hall–Kier alpha value is -1.30. The molecule has 0 aliphatic rings. The topological polar surface area (TPSA) is 48.1 Å². The third-order valence-corrected chi connectivity index (χ3v) is 2.74. The van der Waals surface area contributed by atoms with Crippen molar-refractivity contribution < 1.29 is 17.9 Å². The summed E-state index contributed by atoms with van der Waals surface area (Å²) < 4.78 is 44.0. The zero-order valence-corrected chi connectivity index (χ0v) is 12.2. The zero-order chi connectivity index (χ0) is 15.6. The molecule has 6 heteroatoms. The molecule has 1 atom stereocenters. The average Bonchev–Trinajstić information content (AvgIpc) is 2.24. The monoisotopic (exact) mass is 290 g/mol. The molecule has 0 aliphatic heterocycles. The quantitative estimate of drug-likeness (QED) is 0.902. The minimum Gasteiger partial charge on any atom is -0.489 e. The van der Waals surface area contributed by atoms with E-state index in [1.807, 2.05) is 13.8 Å². The third-order valence-electron chi connectivity index (χ3n) is 2.74. The van der Waals surface area contributed by atoms with Crippen LogP contribution in [0, 0.1) is 12.8 Å². The fraction of sp³-hybridized carbons (Fsp3) is 0.643. The first-order chi connectivity index (χ1) is 9.01. The maximum absolute atomic E-state index is 12.9. The fourth-order valence-electron chi connectivity index (χ4n) is 2.12. The molecule has 0 aromatic carbocycles. The second-order valence-corrected chi connectivity index (χ2v) is 5.86. The normalized spacial score (nSPS) is 15.2. The number of rotatable bonds is 5. The van der Waals surface area contributed by atoms with E-state index in [0.717, 1.165) is 12.3 Å². The minimum atomic E-state index is -4.47. The van der Waals surface area contributed by atoms with Gasteiger partial charge >= 0.3 is 6.18 Å². The highest BCUT2D eigenvalue weighted by Crippen LogP contribution is 2.36. The maximum atomic E-state index is 12.9. The van der Waals surface area contributed by atoms with E-state index in [2.05, 4.69) is 4.98 Å². The Morgan fingerprint density at radius 3 is 2.45 bits per heavy atom. The van der Waals surface area contributed by atoms with Crippen LogP contribution in [0.15, 0.2) is 12.3 Å². The molecule has 1 unspecified atom stereocenters. The SMILES string of the molecule is Cc1cc(C(F)(F)F)c(OCC(C)(N)CC(C)C)cn1. The molecular formula is C14H21F3N2O. The number of halogens is 3. The van der Waals surface area contributed by atoms with E-state index in [-0.39, 0.29) is 12.4 Å². The van der Waals surface area contributed by atoms with Gasteiger partial charge in [-0.2, -0.15) is 13.2 Å². The van der Waals surface area contributed by atoms with Crippen LogP contribution in [0.25, 0.3) is 0 Å². The Bertz CT molecular complexity index is 456. The van der Waals surface area contributed by atoms with Crippen molar-refractivity contribution in [1.29, 1.82) is 0 Å². The predicted molar refractivity (Wildman–Crippen MR) is 71.5 cm³/mol.